The molecule has 1 rings (SSSR count). The smallest absolute Gasteiger partial charge is 0.135 e. The minimum absolute atomic E-state index is 0.156. The van der Waals surface area contributed by atoms with Gasteiger partial charge in [0, 0.05) is 5.41 Å². The van der Waals surface area contributed by atoms with Gasteiger partial charge in [0.15, 0.2) is 0 Å². The molecule has 0 radical (unpaired) electrons. The van der Waals surface area contributed by atoms with Gasteiger partial charge in [-0.25, -0.2) is 0 Å². The van der Waals surface area contributed by atoms with E-state index in [-0.39, 0.29) is 5.41 Å². The zero-order chi connectivity index (χ0) is 11.1. The van der Waals surface area contributed by atoms with E-state index in [0.29, 0.717) is 5.78 Å². The van der Waals surface area contributed by atoms with Gasteiger partial charge in [0.1, 0.15) is 5.78 Å². The summed E-state index contributed by atoms with van der Waals surface area (Å²) in [6, 6.07) is 0. The number of hydrogen-bond donors (Lipinski definition) is 0. The van der Waals surface area contributed by atoms with Crippen molar-refractivity contribution in [3.8, 4) is 0 Å². The molecule has 1 heteroatoms. The maximum Gasteiger partial charge on any atom is 0.135 e. The summed E-state index contributed by atoms with van der Waals surface area (Å²) in [6.45, 7) is 4.03. The first kappa shape index (κ1) is 12.7. The number of ketones is 1. The van der Waals surface area contributed by atoms with Crippen LogP contribution in [0.5, 0.6) is 0 Å². The van der Waals surface area contributed by atoms with Gasteiger partial charge in [-0.1, -0.05) is 51.9 Å². The number of hydrogen-bond acceptors (Lipinski definition) is 1. The van der Waals surface area contributed by atoms with Gasteiger partial charge in [0.2, 0.25) is 0 Å². The van der Waals surface area contributed by atoms with Crippen molar-refractivity contribution < 1.29 is 4.79 Å². The van der Waals surface area contributed by atoms with Crippen LogP contribution in [0.25, 0.3) is 0 Å². The lowest BCUT2D eigenvalue weighted by atomic mass is 9.94. The Kier molecular flexibility index (Phi) is 5.35. The molecule has 0 spiro atoms. The zero-order valence-electron chi connectivity index (χ0n) is 10.5. The van der Waals surface area contributed by atoms with Crippen molar-refractivity contribution in [2.75, 3.05) is 0 Å². The monoisotopic (exact) mass is 210 g/mol. The van der Waals surface area contributed by atoms with E-state index in [9.17, 15) is 4.79 Å². The summed E-state index contributed by atoms with van der Waals surface area (Å²) in [5.41, 5.74) is 0.156. The zero-order valence-corrected chi connectivity index (χ0v) is 10.5. The Labute approximate surface area is 94.6 Å². The standard InChI is InChI=1S/C14H26O/c1-3-4-5-6-7-8-9-10-14(11-12-14)13(2)15/h3-12H2,1-2H3. The number of carbonyl (C=O) groups excluding carboxylic acids is 1. The molecule has 88 valence electrons. The topological polar surface area (TPSA) is 17.1 Å². The molecule has 0 bridgehead atoms. The summed E-state index contributed by atoms with van der Waals surface area (Å²) in [6.07, 6.45) is 13.0. The summed E-state index contributed by atoms with van der Waals surface area (Å²) >= 11 is 0. The van der Waals surface area contributed by atoms with Crippen LogP contribution in [-0.2, 0) is 4.79 Å². The Bertz CT molecular complexity index is 192. The molecule has 1 saturated carbocycles. The van der Waals surface area contributed by atoms with E-state index in [2.05, 4.69) is 6.92 Å². The molecule has 1 aliphatic rings. The summed E-state index contributed by atoms with van der Waals surface area (Å²) in [4.78, 5) is 11.3. The van der Waals surface area contributed by atoms with Crippen LogP contribution in [0.2, 0.25) is 0 Å². The van der Waals surface area contributed by atoms with E-state index in [1.165, 1.54) is 44.9 Å². The largest absolute Gasteiger partial charge is 0.299 e. The Balaban J connectivity index is 1.91. The third kappa shape index (κ3) is 4.36. The summed E-state index contributed by atoms with van der Waals surface area (Å²) in [5, 5.41) is 0. The van der Waals surface area contributed by atoms with Crippen LogP contribution in [-0.4, -0.2) is 5.78 Å². The highest BCUT2D eigenvalue weighted by atomic mass is 16.1. The predicted molar refractivity (Wildman–Crippen MR) is 65.0 cm³/mol. The Morgan fingerprint density at radius 3 is 2.00 bits per heavy atom. The fourth-order valence-corrected chi connectivity index (χ4v) is 2.35. The van der Waals surface area contributed by atoms with E-state index in [0.717, 1.165) is 19.3 Å². The maximum atomic E-state index is 11.3. The van der Waals surface area contributed by atoms with E-state index >= 15 is 0 Å². The first-order valence-corrected chi connectivity index (χ1v) is 6.72. The van der Waals surface area contributed by atoms with Crippen LogP contribution in [0.1, 0.15) is 78.1 Å². The molecule has 15 heavy (non-hydrogen) atoms. The number of unbranched alkanes of at least 4 members (excludes halogenated alkanes) is 6. The molecule has 1 aliphatic carbocycles. The average molecular weight is 210 g/mol. The van der Waals surface area contributed by atoms with Gasteiger partial charge in [0.25, 0.3) is 0 Å². The number of carbonyl (C=O) groups is 1. The van der Waals surface area contributed by atoms with Crippen molar-refractivity contribution in [1.82, 2.24) is 0 Å². The van der Waals surface area contributed by atoms with Crippen molar-refractivity contribution in [1.29, 1.82) is 0 Å². The lowest BCUT2D eigenvalue weighted by Crippen LogP contribution is -2.11. The fraction of sp³-hybridized carbons (Fsp3) is 0.929. The minimum Gasteiger partial charge on any atom is -0.299 e. The summed E-state index contributed by atoms with van der Waals surface area (Å²) < 4.78 is 0. The highest BCUT2D eigenvalue weighted by molar-refractivity contribution is 5.84. The van der Waals surface area contributed by atoms with Gasteiger partial charge in [-0.15, -0.1) is 0 Å². The van der Waals surface area contributed by atoms with Crippen LogP contribution in [0, 0.1) is 5.41 Å². The third-order valence-corrected chi connectivity index (χ3v) is 3.86. The van der Waals surface area contributed by atoms with E-state index < -0.39 is 0 Å². The number of rotatable bonds is 9. The molecular weight excluding hydrogens is 184 g/mol. The van der Waals surface area contributed by atoms with Gasteiger partial charge in [0.05, 0.1) is 0 Å². The third-order valence-electron chi connectivity index (χ3n) is 3.86. The van der Waals surface area contributed by atoms with Crippen LogP contribution in [0.4, 0.5) is 0 Å². The highest BCUT2D eigenvalue weighted by Crippen LogP contribution is 2.50. The molecule has 0 N–H and O–H groups in total. The van der Waals surface area contributed by atoms with Gasteiger partial charge in [-0.2, -0.15) is 0 Å². The van der Waals surface area contributed by atoms with Crippen molar-refractivity contribution >= 4 is 5.78 Å². The fourth-order valence-electron chi connectivity index (χ4n) is 2.35. The molecule has 0 heterocycles. The molecule has 0 aliphatic heterocycles. The van der Waals surface area contributed by atoms with Gasteiger partial charge in [-0.3, -0.25) is 4.79 Å². The second kappa shape index (κ2) is 6.30. The molecule has 0 aromatic heterocycles. The lowest BCUT2D eigenvalue weighted by Gasteiger charge is -2.10. The quantitative estimate of drug-likeness (QED) is 0.512. The van der Waals surface area contributed by atoms with Gasteiger partial charge < -0.3 is 0 Å². The highest BCUT2D eigenvalue weighted by Gasteiger charge is 2.45. The average Bonchev–Trinajstić information content (AvgIpc) is 2.98. The van der Waals surface area contributed by atoms with Crippen LogP contribution >= 0.6 is 0 Å². The van der Waals surface area contributed by atoms with E-state index in [4.69, 9.17) is 0 Å². The Morgan fingerprint density at radius 2 is 1.53 bits per heavy atom. The molecule has 0 aromatic rings. The molecule has 0 aromatic carbocycles. The first-order chi connectivity index (χ1) is 7.21. The number of Topliss-reactive ketones (excluding diaryl/α,β-unsaturated/α-hetero) is 1. The summed E-state index contributed by atoms with van der Waals surface area (Å²) in [5.74, 6) is 0.438. The lowest BCUT2D eigenvalue weighted by molar-refractivity contribution is -0.122. The van der Waals surface area contributed by atoms with E-state index in [1.807, 2.05) is 0 Å². The molecule has 0 atom stereocenters. The van der Waals surface area contributed by atoms with E-state index in [1.54, 1.807) is 6.92 Å². The van der Waals surface area contributed by atoms with Crippen molar-refractivity contribution in [3.05, 3.63) is 0 Å². The molecule has 1 fully saturated rings. The minimum atomic E-state index is 0.156. The normalized spacial score (nSPS) is 17.7. The molecule has 0 unspecified atom stereocenters. The van der Waals surface area contributed by atoms with Gasteiger partial charge >= 0.3 is 0 Å². The molecule has 0 amide bonds. The van der Waals surface area contributed by atoms with Crippen LogP contribution in [0.15, 0.2) is 0 Å². The maximum absolute atomic E-state index is 11.3. The molecule has 1 nitrogen and oxygen atoms in total. The SMILES string of the molecule is CCCCCCCCCC1(C(C)=O)CC1. The van der Waals surface area contributed by atoms with Crippen molar-refractivity contribution in [2.45, 2.75) is 78.1 Å². The van der Waals surface area contributed by atoms with Crippen LogP contribution in [0.3, 0.4) is 0 Å². The van der Waals surface area contributed by atoms with Crippen molar-refractivity contribution in [3.63, 3.8) is 0 Å². The molecular formula is C14H26O. The van der Waals surface area contributed by atoms with Gasteiger partial charge in [-0.05, 0) is 26.2 Å². The van der Waals surface area contributed by atoms with Crippen LogP contribution < -0.4 is 0 Å². The first-order valence-electron chi connectivity index (χ1n) is 6.72. The second-order valence-electron chi connectivity index (χ2n) is 5.21. The second-order valence-corrected chi connectivity index (χ2v) is 5.21. The molecule has 0 saturated heterocycles. The predicted octanol–water partition coefficient (Wildman–Crippen LogP) is 4.50. The Morgan fingerprint density at radius 1 is 1.00 bits per heavy atom. The summed E-state index contributed by atoms with van der Waals surface area (Å²) in [7, 11) is 0. The Hall–Kier alpha value is -0.330. The van der Waals surface area contributed by atoms with Crippen molar-refractivity contribution in [2.24, 2.45) is 5.41 Å².